The van der Waals surface area contributed by atoms with E-state index < -0.39 is 22.0 Å². The molecule has 0 radical (unpaired) electrons. The maximum atomic E-state index is 12.8. The second-order valence-electron chi connectivity index (χ2n) is 6.79. The van der Waals surface area contributed by atoms with Crippen molar-refractivity contribution in [2.24, 2.45) is 0 Å². The Morgan fingerprint density at radius 3 is 2.53 bits per heavy atom. The van der Waals surface area contributed by atoms with Gasteiger partial charge in [0.1, 0.15) is 16.2 Å². The van der Waals surface area contributed by atoms with Crippen molar-refractivity contribution in [3.8, 4) is 5.75 Å². The van der Waals surface area contributed by atoms with Crippen molar-refractivity contribution in [1.29, 1.82) is 0 Å². The summed E-state index contributed by atoms with van der Waals surface area (Å²) in [5.41, 5.74) is 0.165. The predicted molar refractivity (Wildman–Crippen MR) is 105 cm³/mol. The number of hydrogen-bond donors (Lipinski definition) is 1. The minimum atomic E-state index is -3.88. The molecular formula is C20H23NO8S. The SMILES string of the molecule is COC(=O)c1ccoc1COC(=O)c1ccc(OC)c(S(=O)(=O)NC2CCCC2)c1. The fourth-order valence-corrected chi connectivity index (χ4v) is 4.80. The van der Waals surface area contributed by atoms with E-state index in [1.54, 1.807) is 0 Å². The fraction of sp³-hybridized carbons (Fsp3) is 0.400. The van der Waals surface area contributed by atoms with Gasteiger partial charge in [-0.15, -0.1) is 0 Å². The lowest BCUT2D eigenvalue weighted by Crippen LogP contribution is -2.33. The number of esters is 2. The lowest BCUT2D eigenvalue weighted by molar-refractivity contribution is 0.0432. The molecule has 1 fully saturated rings. The molecule has 9 nitrogen and oxygen atoms in total. The van der Waals surface area contributed by atoms with E-state index in [0.717, 1.165) is 25.7 Å². The van der Waals surface area contributed by atoms with E-state index >= 15 is 0 Å². The third-order valence-corrected chi connectivity index (χ3v) is 6.39. The normalized spacial score (nSPS) is 14.5. The molecule has 1 aromatic carbocycles. The molecule has 0 unspecified atom stereocenters. The van der Waals surface area contributed by atoms with Crippen LogP contribution in [0.2, 0.25) is 0 Å². The van der Waals surface area contributed by atoms with Crippen LogP contribution in [0, 0.1) is 0 Å². The molecule has 1 saturated carbocycles. The molecule has 0 bridgehead atoms. The molecule has 2 aromatic rings. The van der Waals surface area contributed by atoms with E-state index in [4.69, 9.17) is 13.9 Å². The van der Waals surface area contributed by atoms with E-state index in [0.29, 0.717) is 0 Å². The van der Waals surface area contributed by atoms with Crippen LogP contribution in [0.4, 0.5) is 0 Å². The number of hydrogen-bond acceptors (Lipinski definition) is 8. The van der Waals surface area contributed by atoms with Crippen molar-refractivity contribution in [2.45, 2.75) is 43.2 Å². The van der Waals surface area contributed by atoms with Crippen LogP contribution in [0.15, 0.2) is 39.8 Å². The van der Waals surface area contributed by atoms with E-state index in [1.807, 2.05) is 0 Å². The van der Waals surface area contributed by atoms with Gasteiger partial charge in [-0.3, -0.25) is 0 Å². The van der Waals surface area contributed by atoms with Crippen LogP contribution in [0.1, 0.15) is 52.2 Å². The average molecular weight is 437 g/mol. The van der Waals surface area contributed by atoms with Crippen molar-refractivity contribution in [1.82, 2.24) is 4.72 Å². The molecule has 3 rings (SSSR count). The van der Waals surface area contributed by atoms with Gasteiger partial charge in [0.25, 0.3) is 0 Å². The standard InChI is InChI=1S/C20H23NO8S/c1-26-16-8-7-13(11-18(16)30(24,25)21-14-5-3-4-6-14)19(22)29-12-17-15(9-10-28-17)20(23)27-2/h7-11,14,21H,3-6,12H2,1-2H3. The molecule has 0 atom stereocenters. The number of nitrogens with one attached hydrogen (secondary N) is 1. The predicted octanol–water partition coefficient (Wildman–Crippen LogP) is 2.65. The summed E-state index contributed by atoms with van der Waals surface area (Å²) in [6.45, 7) is -0.315. The van der Waals surface area contributed by atoms with Gasteiger partial charge in [-0.1, -0.05) is 12.8 Å². The fourth-order valence-electron chi connectivity index (χ4n) is 3.30. The second kappa shape index (κ2) is 9.31. The maximum Gasteiger partial charge on any atom is 0.341 e. The van der Waals surface area contributed by atoms with Crippen molar-refractivity contribution in [2.75, 3.05) is 14.2 Å². The van der Waals surface area contributed by atoms with Crippen molar-refractivity contribution < 1.29 is 36.6 Å². The molecule has 1 heterocycles. The highest BCUT2D eigenvalue weighted by atomic mass is 32.2. The summed E-state index contributed by atoms with van der Waals surface area (Å²) in [6.07, 6.45) is 4.76. The first-order valence-electron chi connectivity index (χ1n) is 9.38. The average Bonchev–Trinajstić information content (AvgIpc) is 3.42. The lowest BCUT2D eigenvalue weighted by Gasteiger charge is -2.15. The topological polar surface area (TPSA) is 121 Å². The van der Waals surface area contributed by atoms with Gasteiger partial charge in [-0.05, 0) is 37.1 Å². The Hall–Kier alpha value is -2.85. The Labute approximate surface area is 174 Å². The highest BCUT2D eigenvalue weighted by molar-refractivity contribution is 7.89. The van der Waals surface area contributed by atoms with E-state index in [9.17, 15) is 18.0 Å². The number of benzene rings is 1. The van der Waals surface area contributed by atoms with Crippen LogP contribution < -0.4 is 9.46 Å². The quantitative estimate of drug-likeness (QED) is 0.626. The minimum Gasteiger partial charge on any atom is -0.495 e. The van der Waals surface area contributed by atoms with Crippen molar-refractivity contribution in [3.63, 3.8) is 0 Å². The molecule has 1 aliphatic carbocycles. The summed E-state index contributed by atoms with van der Waals surface area (Å²) in [5, 5.41) is 0. The summed E-state index contributed by atoms with van der Waals surface area (Å²) in [4.78, 5) is 24.0. The number of carbonyl (C=O) groups is 2. The Balaban J connectivity index is 1.78. The van der Waals surface area contributed by atoms with Gasteiger partial charge in [0, 0.05) is 6.04 Å². The number of sulfonamides is 1. The van der Waals surface area contributed by atoms with Gasteiger partial charge in [0.05, 0.1) is 26.0 Å². The van der Waals surface area contributed by atoms with Gasteiger partial charge >= 0.3 is 11.9 Å². The molecule has 1 aromatic heterocycles. The van der Waals surface area contributed by atoms with E-state index in [-0.39, 0.29) is 40.2 Å². The Morgan fingerprint density at radius 2 is 1.87 bits per heavy atom. The van der Waals surface area contributed by atoms with Gasteiger partial charge in [-0.2, -0.15) is 0 Å². The highest BCUT2D eigenvalue weighted by Gasteiger charge is 2.27. The zero-order valence-corrected chi connectivity index (χ0v) is 17.5. The molecule has 0 spiro atoms. The van der Waals surface area contributed by atoms with Crippen LogP contribution in [0.3, 0.4) is 0 Å². The summed E-state index contributed by atoms with van der Waals surface area (Å²) in [5.74, 6) is -1.15. The molecule has 1 aliphatic rings. The molecule has 0 aliphatic heterocycles. The van der Waals surface area contributed by atoms with Crippen LogP contribution in [0.5, 0.6) is 5.75 Å². The number of carbonyl (C=O) groups excluding carboxylic acids is 2. The van der Waals surface area contributed by atoms with Crippen LogP contribution in [-0.2, 0) is 26.1 Å². The monoisotopic (exact) mass is 437 g/mol. The van der Waals surface area contributed by atoms with Gasteiger partial charge < -0.3 is 18.6 Å². The second-order valence-corrected chi connectivity index (χ2v) is 8.48. The summed E-state index contributed by atoms with van der Waals surface area (Å²) in [7, 11) is -1.30. The zero-order valence-electron chi connectivity index (χ0n) is 16.7. The van der Waals surface area contributed by atoms with Crippen LogP contribution >= 0.6 is 0 Å². The molecule has 30 heavy (non-hydrogen) atoms. The van der Waals surface area contributed by atoms with Gasteiger partial charge in [-0.25, -0.2) is 22.7 Å². The Kier molecular flexibility index (Phi) is 6.78. The van der Waals surface area contributed by atoms with Crippen LogP contribution in [0.25, 0.3) is 0 Å². The molecule has 0 saturated heterocycles. The summed E-state index contributed by atoms with van der Waals surface area (Å²) in [6, 6.07) is 5.28. The third-order valence-electron chi connectivity index (χ3n) is 4.85. The Morgan fingerprint density at radius 1 is 1.13 bits per heavy atom. The molecule has 10 heteroatoms. The maximum absolute atomic E-state index is 12.8. The molecule has 0 amide bonds. The van der Waals surface area contributed by atoms with Crippen molar-refractivity contribution >= 4 is 22.0 Å². The largest absolute Gasteiger partial charge is 0.495 e. The third kappa shape index (κ3) is 4.82. The van der Waals surface area contributed by atoms with E-state index in [2.05, 4.69) is 9.46 Å². The van der Waals surface area contributed by atoms with Gasteiger partial charge in [0.2, 0.25) is 10.0 Å². The number of rotatable bonds is 8. The molecular weight excluding hydrogens is 414 g/mol. The summed E-state index contributed by atoms with van der Waals surface area (Å²) < 4.78 is 48.5. The number of methoxy groups -OCH3 is 2. The number of ether oxygens (including phenoxy) is 3. The lowest BCUT2D eigenvalue weighted by atomic mass is 10.2. The smallest absolute Gasteiger partial charge is 0.341 e. The zero-order chi connectivity index (χ0) is 21.7. The minimum absolute atomic E-state index is 0.0220. The highest BCUT2D eigenvalue weighted by Crippen LogP contribution is 2.27. The first-order valence-corrected chi connectivity index (χ1v) is 10.9. The first kappa shape index (κ1) is 21.8. The van der Waals surface area contributed by atoms with Crippen molar-refractivity contribution in [3.05, 3.63) is 47.4 Å². The Bertz CT molecular complexity index is 1020. The summed E-state index contributed by atoms with van der Waals surface area (Å²) >= 11 is 0. The number of furan rings is 1. The molecule has 1 N–H and O–H groups in total. The first-order chi connectivity index (χ1) is 14.4. The van der Waals surface area contributed by atoms with E-state index in [1.165, 1.54) is 44.7 Å². The van der Waals surface area contributed by atoms with Crippen LogP contribution in [-0.4, -0.2) is 40.6 Å². The molecule has 162 valence electrons. The van der Waals surface area contributed by atoms with Gasteiger partial charge in [0.15, 0.2) is 12.4 Å².